The molecule has 1 rings (SSSR count). The summed E-state index contributed by atoms with van der Waals surface area (Å²) in [6, 6.07) is 0. The largest absolute Gasteiger partial charge is 0.378 e. The average Bonchev–Trinajstić information content (AvgIpc) is 1.87. The fourth-order valence-electron chi connectivity index (χ4n) is 1.34. The lowest BCUT2D eigenvalue weighted by Gasteiger charge is -2.33. The molecule has 0 spiro atoms. The van der Waals surface area contributed by atoms with Gasteiger partial charge in [-0.2, -0.15) is 0 Å². The van der Waals surface area contributed by atoms with Gasteiger partial charge in [0.25, 0.3) is 0 Å². The average molecular weight is 147 g/mol. The van der Waals surface area contributed by atoms with Crippen molar-refractivity contribution in [3.63, 3.8) is 0 Å². The van der Waals surface area contributed by atoms with Gasteiger partial charge in [0.15, 0.2) is 0 Å². The van der Waals surface area contributed by atoms with Crippen LogP contribution in [-0.2, 0) is 4.74 Å². The van der Waals surface area contributed by atoms with E-state index in [1.165, 1.54) is 0 Å². The molecule has 2 nitrogen and oxygen atoms in total. The van der Waals surface area contributed by atoms with Crippen molar-refractivity contribution in [3.05, 3.63) is 0 Å². The van der Waals surface area contributed by atoms with Crippen LogP contribution < -0.4 is 5.32 Å². The van der Waals surface area contributed by atoms with Crippen molar-refractivity contribution >= 4 is 0 Å². The van der Waals surface area contributed by atoms with Gasteiger partial charge in [0.05, 0.1) is 6.10 Å². The molecule has 2 unspecified atom stereocenters. The number of nitrogens with one attached hydrogen (secondary N) is 1. The van der Waals surface area contributed by atoms with Gasteiger partial charge in [0.1, 0.15) is 5.67 Å². The SMILES string of the molecule is COC1CCNCC1(C)F. The fraction of sp³-hybridized carbons (Fsp3) is 1.00. The summed E-state index contributed by atoms with van der Waals surface area (Å²) in [7, 11) is 1.56. The molecule has 2 atom stereocenters. The first kappa shape index (κ1) is 7.95. The lowest BCUT2D eigenvalue weighted by atomic mass is 9.95. The van der Waals surface area contributed by atoms with Crippen molar-refractivity contribution in [3.8, 4) is 0 Å². The highest BCUT2D eigenvalue weighted by atomic mass is 19.1. The summed E-state index contributed by atoms with van der Waals surface area (Å²) in [4.78, 5) is 0. The quantitative estimate of drug-likeness (QED) is 0.590. The van der Waals surface area contributed by atoms with E-state index in [2.05, 4.69) is 5.32 Å². The topological polar surface area (TPSA) is 21.3 Å². The van der Waals surface area contributed by atoms with E-state index in [4.69, 9.17) is 4.74 Å². The molecule has 1 heterocycles. The van der Waals surface area contributed by atoms with Crippen molar-refractivity contribution < 1.29 is 9.13 Å². The second-order valence-corrected chi connectivity index (χ2v) is 2.97. The number of piperidine rings is 1. The fourth-order valence-corrected chi connectivity index (χ4v) is 1.34. The number of alkyl halides is 1. The van der Waals surface area contributed by atoms with Gasteiger partial charge in [-0.05, 0) is 19.9 Å². The smallest absolute Gasteiger partial charge is 0.146 e. The van der Waals surface area contributed by atoms with Gasteiger partial charge in [-0.1, -0.05) is 0 Å². The molecule has 0 aromatic rings. The molecule has 0 bridgehead atoms. The second-order valence-electron chi connectivity index (χ2n) is 2.97. The van der Waals surface area contributed by atoms with Gasteiger partial charge in [-0.3, -0.25) is 0 Å². The van der Waals surface area contributed by atoms with Crippen molar-refractivity contribution in [2.75, 3.05) is 20.2 Å². The van der Waals surface area contributed by atoms with Crippen LogP contribution in [0.4, 0.5) is 4.39 Å². The zero-order valence-corrected chi connectivity index (χ0v) is 6.48. The number of ether oxygens (including phenoxy) is 1. The lowest BCUT2D eigenvalue weighted by molar-refractivity contribution is -0.0448. The maximum absolute atomic E-state index is 13.3. The van der Waals surface area contributed by atoms with Crippen molar-refractivity contribution in [2.45, 2.75) is 25.1 Å². The second kappa shape index (κ2) is 2.84. The van der Waals surface area contributed by atoms with Crippen LogP contribution in [0.15, 0.2) is 0 Å². The molecule has 0 saturated carbocycles. The molecule has 1 saturated heterocycles. The zero-order chi connectivity index (χ0) is 7.61. The first-order chi connectivity index (χ1) is 4.67. The molecule has 10 heavy (non-hydrogen) atoms. The Kier molecular flexibility index (Phi) is 2.26. The summed E-state index contributed by atoms with van der Waals surface area (Å²) in [5.74, 6) is 0. The molecule has 1 aliphatic heterocycles. The van der Waals surface area contributed by atoms with Crippen molar-refractivity contribution in [1.82, 2.24) is 5.32 Å². The monoisotopic (exact) mass is 147 g/mol. The maximum Gasteiger partial charge on any atom is 0.146 e. The van der Waals surface area contributed by atoms with Gasteiger partial charge < -0.3 is 10.1 Å². The van der Waals surface area contributed by atoms with Crippen molar-refractivity contribution in [2.24, 2.45) is 0 Å². The van der Waals surface area contributed by atoms with Gasteiger partial charge in [-0.25, -0.2) is 4.39 Å². The van der Waals surface area contributed by atoms with Crippen LogP contribution in [0.25, 0.3) is 0 Å². The molecule has 1 N–H and O–H groups in total. The normalized spacial score (nSPS) is 41.7. The Hall–Kier alpha value is -0.150. The Balaban J connectivity index is 2.51. The van der Waals surface area contributed by atoms with E-state index < -0.39 is 5.67 Å². The Labute approximate surface area is 60.8 Å². The number of methoxy groups -OCH3 is 1. The summed E-state index contributed by atoms with van der Waals surface area (Å²) in [5.41, 5.74) is -1.19. The Morgan fingerprint density at radius 3 is 2.80 bits per heavy atom. The van der Waals surface area contributed by atoms with Gasteiger partial charge >= 0.3 is 0 Å². The molecule has 0 radical (unpaired) electrons. The molecule has 1 fully saturated rings. The molecule has 0 aliphatic carbocycles. The summed E-state index contributed by atoms with van der Waals surface area (Å²) in [6.07, 6.45) is 0.539. The van der Waals surface area contributed by atoms with E-state index in [1.54, 1.807) is 14.0 Å². The van der Waals surface area contributed by atoms with E-state index in [9.17, 15) is 4.39 Å². The third-order valence-electron chi connectivity index (χ3n) is 2.01. The zero-order valence-electron chi connectivity index (χ0n) is 6.48. The van der Waals surface area contributed by atoms with Crippen LogP contribution in [0.3, 0.4) is 0 Å². The van der Waals surface area contributed by atoms with E-state index in [-0.39, 0.29) is 6.10 Å². The van der Waals surface area contributed by atoms with Crippen LogP contribution in [0, 0.1) is 0 Å². The van der Waals surface area contributed by atoms with Crippen LogP contribution in [0.2, 0.25) is 0 Å². The van der Waals surface area contributed by atoms with Gasteiger partial charge in [0, 0.05) is 13.7 Å². The van der Waals surface area contributed by atoms with Crippen LogP contribution in [0.5, 0.6) is 0 Å². The summed E-state index contributed by atoms with van der Waals surface area (Å²) in [6.45, 7) is 2.84. The summed E-state index contributed by atoms with van der Waals surface area (Å²) >= 11 is 0. The van der Waals surface area contributed by atoms with Crippen molar-refractivity contribution in [1.29, 1.82) is 0 Å². The predicted molar refractivity (Wildman–Crippen MR) is 37.8 cm³/mol. The minimum Gasteiger partial charge on any atom is -0.378 e. The Morgan fingerprint density at radius 2 is 2.40 bits per heavy atom. The summed E-state index contributed by atoms with van der Waals surface area (Å²) < 4.78 is 18.3. The minimum atomic E-state index is -1.19. The Bertz CT molecular complexity index is 116. The summed E-state index contributed by atoms with van der Waals surface area (Å²) in [5, 5.41) is 2.98. The third-order valence-corrected chi connectivity index (χ3v) is 2.01. The van der Waals surface area contributed by atoms with Crippen LogP contribution in [0.1, 0.15) is 13.3 Å². The molecule has 0 aromatic carbocycles. The first-order valence-electron chi connectivity index (χ1n) is 3.59. The number of rotatable bonds is 1. The molecular formula is C7H14FNO. The number of hydrogen-bond donors (Lipinski definition) is 1. The van der Waals surface area contributed by atoms with Crippen LogP contribution in [-0.4, -0.2) is 32.0 Å². The van der Waals surface area contributed by atoms with Gasteiger partial charge in [0.2, 0.25) is 0 Å². The first-order valence-corrected chi connectivity index (χ1v) is 3.59. The van der Waals surface area contributed by atoms with Gasteiger partial charge in [-0.15, -0.1) is 0 Å². The number of halogens is 1. The number of hydrogen-bond acceptors (Lipinski definition) is 2. The standard InChI is InChI=1S/C7H14FNO/c1-7(8)5-9-4-3-6(7)10-2/h6,9H,3-5H2,1-2H3. The molecule has 3 heteroatoms. The van der Waals surface area contributed by atoms with E-state index in [1.807, 2.05) is 0 Å². The lowest BCUT2D eigenvalue weighted by Crippen LogP contribution is -2.51. The van der Waals surface area contributed by atoms with E-state index >= 15 is 0 Å². The highest BCUT2D eigenvalue weighted by molar-refractivity contribution is 4.89. The highest BCUT2D eigenvalue weighted by Gasteiger charge is 2.36. The van der Waals surface area contributed by atoms with E-state index in [0.29, 0.717) is 6.54 Å². The third kappa shape index (κ3) is 1.47. The maximum atomic E-state index is 13.3. The molecular weight excluding hydrogens is 133 g/mol. The molecule has 60 valence electrons. The molecule has 1 aliphatic rings. The molecule has 0 aromatic heterocycles. The Morgan fingerprint density at radius 1 is 1.70 bits per heavy atom. The molecule has 0 amide bonds. The van der Waals surface area contributed by atoms with E-state index in [0.717, 1.165) is 13.0 Å². The van der Waals surface area contributed by atoms with Crippen LogP contribution >= 0.6 is 0 Å². The predicted octanol–water partition coefficient (Wildman–Crippen LogP) is 0.723. The minimum absolute atomic E-state index is 0.228. The highest BCUT2D eigenvalue weighted by Crippen LogP contribution is 2.22.